The van der Waals surface area contributed by atoms with E-state index < -0.39 is 0 Å². The molecule has 0 N–H and O–H groups in total. The Bertz CT molecular complexity index is 1100. The van der Waals surface area contributed by atoms with Crippen molar-refractivity contribution in [3.8, 4) is 5.75 Å². The van der Waals surface area contributed by atoms with Crippen LogP contribution in [0.25, 0.3) is 5.57 Å². The first-order chi connectivity index (χ1) is 15.5. The third kappa shape index (κ3) is 3.66. The van der Waals surface area contributed by atoms with Crippen LogP contribution in [0.3, 0.4) is 0 Å². The Balaban J connectivity index is 1.68. The van der Waals surface area contributed by atoms with Crippen molar-refractivity contribution < 1.29 is 14.3 Å². The molecule has 6 heteroatoms. The fraction of sp³-hybridized carbons (Fsp3) is 0.308. The van der Waals surface area contributed by atoms with Crippen LogP contribution in [-0.4, -0.2) is 61.4 Å². The van der Waals surface area contributed by atoms with E-state index in [1.807, 2.05) is 29.2 Å². The number of ether oxygens (including phenoxy) is 1. The van der Waals surface area contributed by atoms with Crippen LogP contribution in [0.5, 0.6) is 5.75 Å². The molecule has 0 radical (unpaired) electrons. The predicted octanol–water partition coefficient (Wildman–Crippen LogP) is 3.40. The lowest BCUT2D eigenvalue weighted by molar-refractivity contribution is -0.136. The van der Waals surface area contributed by atoms with E-state index >= 15 is 0 Å². The van der Waals surface area contributed by atoms with Gasteiger partial charge in [0.15, 0.2) is 0 Å². The van der Waals surface area contributed by atoms with Gasteiger partial charge >= 0.3 is 0 Å². The molecule has 2 aliphatic rings. The molecule has 0 unspecified atom stereocenters. The van der Waals surface area contributed by atoms with Crippen molar-refractivity contribution in [2.75, 3.05) is 44.7 Å². The second-order valence-electron chi connectivity index (χ2n) is 8.13. The summed E-state index contributed by atoms with van der Waals surface area (Å²) in [5.41, 5.74) is 5.29. The molecule has 4 rings (SSSR count). The zero-order valence-corrected chi connectivity index (χ0v) is 18.9. The molecule has 2 aliphatic heterocycles. The van der Waals surface area contributed by atoms with E-state index in [-0.39, 0.29) is 18.4 Å². The molecular weight excluding hydrogens is 402 g/mol. The molecule has 0 aromatic heterocycles. The molecule has 1 fully saturated rings. The highest BCUT2D eigenvalue weighted by molar-refractivity contribution is 6.36. The summed E-state index contributed by atoms with van der Waals surface area (Å²) in [7, 11) is 1.57. The molecule has 2 heterocycles. The largest absolute Gasteiger partial charge is 0.496 e. The SMILES string of the molecule is C=CCN1C(=O)C(c2ccccc2OC)=C(N2CCN(c3cccc(C)c3C)CC2)C1=O. The number of anilines is 1. The van der Waals surface area contributed by atoms with Crippen molar-refractivity contribution in [3.05, 3.63) is 77.5 Å². The quantitative estimate of drug-likeness (QED) is 0.518. The van der Waals surface area contributed by atoms with E-state index in [1.54, 1.807) is 13.2 Å². The topological polar surface area (TPSA) is 53.1 Å². The Kier molecular flexibility index (Phi) is 6.04. The summed E-state index contributed by atoms with van der Waals surface area (Å²) in [6, 6.07) is 13.7. The van der Waals surface area contributed by atoms with Crippen molar-refractivity contribution in [1.29, 1.82) is 0 Å². The van der Waals surface area contributed by atoms with Crippen molar-refractivity contribution in [2.45, 2.75) is 13.8 Å². The minimum absolute atomic E-state index is 0.183. The van der Waals surface area contributed by atoms with Crippen molar-refractivity contribution in [1.82, 2.24) is 9.80 Å². The number of imide groups is 1. The lowest BCUT2D eigenvalue weighted by Crippen LogP contribution is -2.47. The van der Waals surface area contributed by atoms with Gasteiger partial charge in [-0.05, 0) is 37.1 Å². The number of nitrogens with zero attached hydrogens (tertiary/aromatic N) is 3. The van der Waals surface area contributed by atoms with Gasteiger partial charge in [0, 0.05) is 44.0 Å². The number of benzene rings is 2. The maximum Gasteiger partial charge on any atom is 0.278 e. The lowest BCUT2D eigenvalue weighted by atomic mass is 10.0. The van der Waals surface area contributed by atoms with Crippen molar-refractivity contribution >= 4 is 23.1 Å². The van der Waals surface area contributed by atoms with Gasteiger partial charge in [-0.1, -0.05) is 36.4 Å². The fourth-order valence-corrected chi connectivity index (χ4v) is 4.49. The van der Waals surface area contributed by atoms with E-state index in [2.05, 4.69) is 43.5 Å². The Morgan fingerprint density at radius 1 is 0.938 bits per heavy atom. The van der Waals surface area contributed by atoms with Crippen LogP contribution in [0.2, 0.25) is 0 Å². The minimum Gasteiger partial charge on any atom is -0.496 e. The molecule has 0 saturated carbocycles. The first kappa shape index (κ1) is 21.7. The molecule has 2 aromatic carbocycles. The van der Waals surface area contributed by atoms with Crippen LogP contribution in [0.4, 0.5) is 5.69 Å². The summed E-state index contributed by atoms with van der Waals surface area (Å²) in [5, 5.41) is 0. The molecule has 2 aromatic rings. The number of rotatable bonds is 6. The predicted molar refractivity (Wildman–Crippen MR) is 127 cm³/mol. The zero-order valence-electron chi connectivity index (χ0n) is 18.9. The highest BCUT2D eigenvalue weighted by Crippen LogP contribution is 2.36. The number of hydrogen-bond donors (Lipinski definition) is 0. The highest BCUT2D eigenvalue weighted by atomic mass is 16.5. The number of piperazine rings is 1. The van der Waals surface area contributed by atoms with E-state index in [0.29, 0.717) is 35.7 Å². The smallest absolute Gasteiger partial charge is 0.278 e. The summed E-state index contributed by atoms with van der Waals surface area (Å²) in [4.78, 5) is 32.3. The van der Waals surface area contributed by atoms with Crippen LogP contribution in [-0.2, 0) is 9.59 Å². The number of amides is 2. The first-order valence-electron chi connectivity index (χ1n) is 10.9. The van der Waals surface area contributed by atoms with Crippen LogP contribution >= 0.6 is 0 Å². The van der Waals surface area contributed by atoms with Crippen LogP contribution in [0.1, 0.15) is 16.7 Å². The molecule has 0 aliphatic carbocycles. The molecule has 0 atom stereocenters. The van der Waals surface area contributed by atoms with Gasteiger partial charge in [-0.15, -0.1) is 6.58 Å². The number of aryl methyl sites for hydroxylation is 1. The van der Waals surface area contributed by atoms with Gasteiger partial charge in [0.1, 0.15) is 11.4 Å². The van der Waals surface area contributed by atoms with Crippen LogP contribution in [0, 0.1) is 13.8 Å². The van der Waals surface area contributed by atoms with E-state index in [4.69, 9.17) is 4.74 Å². The standard InChI is InChI=1S/C26H29N3O3/c1-5-13-29-25(30)23(20-10-6-7-12-22(20)32-4)24(26(29)31)28-16-14-27(15-17-28)21-11-8-9-18(2)19(21)3/h5-12H,1,13-17H2,2-4H3. The number of carbonyl (C=O) groups is 2. The number of para-hydroxylation sites is 1. The Morgan fingerprint density at radius 2 is 1.62 bits per heavy atom. The monoisotopic (exact) mass is 431 g/mol. The van der Waals surface area contributed by atoms with Crippen LogP contribution in [0.15, 0.2) is 60.8 Å². The average Bonchev–Trinajstić information content (AvgIpc) is 3.06. The highest BCUT2D eigenvalue weighted by Gasteiger charge is 2.42. The summed E-state index contributed by atoms with van der Waals surface area (Å²) in [6.07, 6.45) is 1.58. The summed E-state index contributed by atoms with van der Waals surface area (Å²) < 4.78 is 5.51. The Labute approximate surface area is 189 Å². The van der Waals surface area contributed by atoms with Gasteiger partial charge in [-0.25, -0.2) is 0 Å². The average molecular weight is 432 g/mol. The van der Waals surface area contributed by atoms with E-state index in [1.165, 1.54) is 21.7 Å². The molecule has 0 bridgehead atoms. The molecule has 1 saturated heterocycles. The number of carbonyl (C=O) groups excluding carboxylic acids is 2. The van der Waals surface area contributed by atoms with Gasteiger partial charge in [0.2, 0.25) is 0 Å². The molecule has 32 heavy (non-hydrogen) atoms. The van der Waals surface area contributed by atoms with Crippen LogP contribution < -0.4 is 9.64 Å². The van der Waals surface area contributed by atoms with E-state index in [0.717, 1.165) is 13.1 Å². The third-order valence-corrected chi connectivity index (χ3v) is 6.34. The fourth-order valence-electron chi connectivity index (χ4n) is 4.49. The third-order valence-electron chi connectivity index (χ3n) is 6.34. The van der Waals surface area contributed by atoms with Crippen molar-refractivity contribution in [3.63, 3.8) is 0 Å². The van der Waals surface area contributed by atoms with Gasteiger partial charge < -0.3 is 14.5 Å². The van der Waals surface area contributed by atoms with Gasteiger partial charge in [-0.2, -0.15) is 0 Å². The van der Waals surface area contributed by atoms with E-state index in [9.17, 15) is 9.59 Å². The molecule has 6 nitrogen and oxygen atoms in total. The summed E-state index contributed by atoms with van der Waals surface area (Å²) in [5.74, 6) is 0.0120. The normalized spacial score (nSPS) is 16.8. The maximum absolute atomic E-state index is 13.3. The van der Waals surface area contributed by atoms with Gasteiger partial charge in [0.05, 0.1) is 12.7 Å². The zero-order chi connectivity index (χ0) is 22.8. The van der Waals surface area contributed by atoms with Gasteiger partial charge in [0.25, 0.3) is 11.8 Å². The molecule has 0 spiro atoms. The number of methoxy groups -OCH3 is 1. The first-order valence-corrected chi connectivity index (χ1v) is 10.9. The maximum atomic E-state index is 13.3. The molecular formula is C26H29N3O3. The summed E-state index contributed by atoms with van der Waals surface area (Å²) in [6.45, 7) is 11.0. The summed E-state index contributed by atoms with van der Waals surface area (Å²) >= 11 is 0. The second kappa shape index (κ2) is 8.91. The number of hydrogen-bond acceptors (Lipinski definition) is 5. The Morgan fingerprint density at radius 3 is 2.31 bits per heavy atom. The second-order valence-corrected chi connectivity index (χ2v) is 8.13. The minimum atomic E-state index is -0.300. The molecule has 2 amide bonds. The lowest BCUT2D eigenvalue weighted by Gasteiger charge is -2.38. The Hall–Kier alpha value is -3.54. The molecule has 166 valence electrons. The van der Waals surface area contributed by atoms with Crippen molar-refractivity contribution in [2.24, 2.45) is 0 Å². The van der Waals surface area contributed by atoms with Gasteiger partial charge in [-0.3, -0.25) is 14.5 Å².